The third-order valence-corrected chi connectivity index (χ3v) is 14.4. The molecule has 2 aromatic heterocycles. The van der Waals surface area contributed by atoms with E-state index in [1.165, 1.54) is 13.8 Å². The number of carboxylic acids is 1. The average Bonchev–Trinajstić information content (AvgIpc) is 3.81. The van der Waals surface area contributed by atoms with Gasteiger partial charge in [0, 0.05) is 43.5 Å². The number of amides is 2. The van der Waals surface area contributed by atoms with Crippen LogP contribution < -0.4 is 16.4 Å². The normalized spacial score (nSPS) is 20.4. The van der Waals surface area contributed by atoms with Crippen molar-refractivity contribution in [3.05, 3.63) is 12.7 Å². The van der Waals surface area contributed by atoms with Crippen LogP contribution in [0.5, 0.6) is 0 Å². The second-order valence-corrected chi connectivity index (χ2v) is 22.0. The van der Waals surface area contributed by atoms with Gasteiger partial charge in [-0.2, -0.15) is 4.31 Å². The molecule has 0 aromatic carbocycles. The summed E-state index contributed by atoms with van der Waals surface area (Å²) in [7, 11) is -16.5. The number of anilines is 1. The Bertz CT molecular complexity index is 2100. The fourth-order valence-corrected chi connectivity index (χ4v) is 10.2. The second-order valence-electron chi connectivity index (χ2n) is 16.6. The number of unbranched alkanes of at least 4 members (excludes halogenated alkanes) is 8. The Hall–Kier alpha value is -3.01. The number of nitrogen functional groups attached to an aromatic ring is 1. The SMILES string of the molecule is CC(C)(COP(=O)(O)OP(=O)(O)OCC1OC(n2cnc3c(N)ncnc32)C(O)C1OP(=O)(O)O)C(O)C(=O)NCCC(=O)NCCSC(=O)CCC(O)CCCCCCCCCCCC(=O)O. The maximum absolute atomic E-state index is 12.7. The van der Waals surface area contributed by atoms with Crippen molar-refractivity contribution in [3.63, 3.8) is 0 Å². The largest absolute Gasteiger partial charge is 0.481 e. The van der Waals surface area contributed by atoms with E-state index in [1.807, 2.05) is 0 Å². The number of imidazole rings is 1. The van der Waals surface area contributed by atoms with Crippen molar-refractivity contribution in [1.82, 2.24) is 30.2 Å². The summed E-state index contributed by atoms with van der Waals surface area (Å²) < 4.78 is 62.3. The molecule has 1 aliphatic heterocycles. The van der Waals surface area contributed by atoms with Gasteiger partial charge in [-0.05, 0) is 19.3 Å². The fraction of sp³-hybridized carbons (Fsp3) is 0.757. The number of carbonyl (C=O) groups is 4. The second kappa shape index (κ2) is 28.1. The number of nitrogens with two attached hydrogens (primary N) is 1. The number of nitrogens with one attached hydrogen (secondary N) is 2. The molecule has 12 N–H and O–H groups in total. The first-order chi connectivity index (χ1) is 31.8. The number of carbonyl (C=O) groups excluding carboxylic acids is 3. The molecule has 31 heteroatoms. The van der Waals surface area contributed by atoms with Crippen LogP contribution in [-0.4, -0.2) is 145 Å². The molecule has 0 saturated carbocycles. The van der Waals surface area contributed by atoms with E-state index in [0.717, 1.165) is 80.4 Å². The summed E-state index contributed by atoms with van der Waals surface area (Å²) in [6.07, 6.45) is 2.59. The number of nitrogens with zero attached hydrogens (tertiary/aromatic N) is 4. The number of phosphoric ester groups is 3. The van der Waals surface area contributed by atoms with Gasteiger partial charge in [-0.15, -0.1) is 0 Å². The lowest BCUT2D eigenvalue weighted by molar-refractivity contribution is -0.137. The number of phosphoric acid groups is 3. The van der Waals surface area contributed by atoms with Crippen LogP contribution >= 0.6 is 35.2 Å². The first kappa shape index (κ1) is 59.3. The van der Waals surface area contributed by atoms with Crippen LogP contribution in [-0.2, 0) is 55.5 Å². The minimum atomic E-state index is -5.59. The molecule has 1 aliphatic rings. The fourth-order valence-electron chi connectivity index (χ4n) is 6.69. The minimum absolute atomic E-state index is 0.0226. The third-order valence-electron chi connectivity index (χ3n) is 10.4. The van der Waals surface area contributed by atoms with Crippen LogP contribution in [0.2, 0.25) is 0 Å². The zero-order valence-electron chi connectivity index (χ0n) is 37.6. The predicted molar refractivity (Wildman–Crippen MR) is 241 cm³/mol. The summed E-state index contributed by atoms with van der Waals surface area (Å²) in [6, 6.07) is 0. The molecule has 2 aromatic rings. The molecule has 2 amide bonds. The number of aliphatic hydroxyl groups excluding tert-OH is 3. The molecular formula is C37H64N7O20P3S. The molecule has 0 aliphatic carbocycles. The van der Waals surface area contributed by atoms with E-state index in [2.05, 4.69) is 34.4 Å². The van der Waals surface area contributed by atoms with Crippen molar-refractivity contribution >= 4 is 75.1 Å². The van der Waals surface area contributed by atoms with Gasteiger partial charge < -0.3 is 61.1 Å². The van der Waals surface area contributed by atoms with E-state index in [-0.39, 0.29) is 60.2 Å². The Balaban J connectivity index is 1.31. The number of fused-ring (bicyclic) bond motifs is 1. The standard InChI is InChI=1S/C37H64N7O20P3S/c1-37(2,32(51)35(52)40-17-16-26(46)39-18-19-68-28(49)15-14-24(45)12-10-8-6-4-3-5-7-9-11-13-27(47)48)21-61-67(58,59)64-66(56,57)60-20-25-31(63-65(53,54)55)30(50)36(62-25)44-23-43-29-33(38)41-22-42-34(29)44/h22-25,30-32,36,45,50-51H,3-21H2,1-2H3,(H,39,46)(H,40,52)(H,47,48)(H,56,57)(H,58,59)(H2,38,41,42)(H2,53,54,55). The van der Waals surface area contributed by atoms with E-state index < -0.39 is 96.6 Å². The summed E-state index contributed by atoms with van der Waals surface area (Å²) >= 11 is 1.02. The number of carboxylic acid groups (broad SMARTS) is 1. The minimum Gasteiger partial charge on any atom is -0.481 e. The first-order valence-corrected chi connectivity index (χ1v) is 27.3. The summed E-state index contributed by atoms with van der Waals surface area (Å²) in [4.78, 5) is 98.8. The highest BCUT2D eigenvalue weighted by atomic mass is 32.2. The van der Waals surface area contributed by atoms with Crippen LogP contribution in [0.3, 0.4) is 0 Å². The van der Waals surface area contributed by atoms with E-state index in [0.29, 0.717) is 19.3 Å². The maximum atomic E-state index is 12.7. The molecule has 3 heterocycles. The van der Waals surface area contributed by atoms with Crippen LogP contribution in [0.15, 0.2) is 12.7 Å². The smallest absolute Gasteiger partial charge is 0.481 e. The lowest BCUT2D eigenvalue weighted by Crippen LogP contribution is -2.46. The number of aromatic nitrogens is 4. The van der Waals surface area contributed by atoms with Gasteiger partial charge in [0.05, 0.1) is 25.6 Å². The summed E-state index contributed by atoms with van der Waals surface area (Å²) in [6.45, 7) is 0.355. The topological polar surface area (TPSA) is 421 Å². The van der Waals surface area contributed by atoms with Gasteiger partial charge in [-0.1, -0.05) is 77.0 Å². The van der Waals surface area contributed by atoms with Crippen molar-refractivity contribution < 1.29 is 95.5 Å². The van der Waals surface area contributed by atoms with Gasteiger partial charge in [0.1, 0.15) is 36.3 Å². The van der Waals surface area contributed by atoms with Crippen LogP contribution in [0.4, 0.5) is 5.82 Å². The number of hydrogen-bond donors (Lipinski definition) is 11. The molecule has 8 atom stereocenters. The molecule has 3 rings (SSSR count). The molecule has 8 unspecified atom stereocenters. The van der Waals surface area contributed by atoms with E-state index >= 15 is 0 Å². The molecule has 1 saturated heterocycles. The summed E-state index contributed by atoms with van der Waals surface area (Å²) in [5.74, 6) is -2.00. The van der Waals surface area contributed by atoms with Gasteiger partial charge in [0.25, 0.3) is 0 Å². The van der Waals surface area contributed by atoms with Crippen LogP contribution in [0.1, 0.15) is 110 Å². The number of aliphatic hydroxyl groups is 3. The number of aliphatic carboxylic acids is 1. The monoisotopic (exact) mass is 1050 g/mol. The van der Waals surface area contributed by atoms with Crippen LogP contribution in [0.25, 0.3) is 11.2 Å². The zero-order valence-corrected chi connectivity index (χ0v) is 41.1. The Kier molecular flexibility index (Phi) is 24.5. The summed E-state index contributed by atoms with van der Waals surface area (Å²) in [5, 5.41) is 45.3. The molecular weight excluding hydrogens is 987 g/mol. The summed E-state index contributed by atoms with van der Waals surface area (Å²) in [5.41, 5.74) is 4.23. The lowest BCUT2D eigenvalue weighted by Gasteiger charge is -2.30. The average molecular weight is 1050 g/mol. The Morgan fingerprint density at radius 1 is 0.868 bits per heavy atom. The number of ether oxygens (including phenoxy) is 1. The molecule has 388 valence electrons. The van der Waals surface area contributed by atoms with Crippen molar-refractivity contribution in [3.8, 4) is 0 Å². The number of rotatable bonds is 34. The van der Waals surface area contributed by atoms with Crippen molar-refractivity contribution in [1.29, 1.82) is 0 Å². The van der Waals surface area contributed by atoms with E-state index in [9.17, 15) is 67.8 Å². The van der Waals surface area contributed by atoms with Crippen molar-refractivity contribution in [2.24, 2.45) is 5.41 Å². The van der Waals surface area contributed by atoms with E-state index in [1.54, 1.807) is 0 Å². The number of thioether (sulfide) groups is 1. The van der Waals surface area contributed by atoms with Crippen molar-refractivity contribution in [2.75, 3.05) is 37.8 Å². The molecule has 1 fully saturated rings. The first-order valence-electron chi connectivity index (χ1n) is 21.8. The maximum Gasteiger partial charge on any atom is 0.481 e. The highest BCUT2D eigenvalue weighted by molar-refractivity contribution is 8.13. The van der Waals surface area contributed by atoms with Gasteiger partial charge in [-0.25, -0.2) is 28.6 Å². The zero-order chi connectivity index (χ0) is 50.7. The van der Waals surface area contributed by atoms with Gasteiger partial charge in [0.15, 0.2) is 22.8 Å². The van der Waals surface area contributed by atoms with Crippen molar-refractivity contribution in [2.45, 2.75) is 140 Å². The molecule has 68 heavy (non-hydrogen) atoms. The van der Waals surface area contributed by atoms with Gasteiger partial charge >= 0.3 is 29.4 Å². The molecule has 0 bridgehead atoms. The highest BCUT2D eigenvalue weighted by Gasteiger charge is 2.50. The third kappa shape index (κ3) is 21.5. The van der Waals surface area contributed by atoms with Gasteiger partial charge in [0.2, 0.25) is 11.8 Å². The van der Waals surface area contributed by atoms with Crippen LogP contribution in [0, 0.1) is 5.41 Å². The number of hydrogen-bond acceptors (Lipinski definition) is 20. The molecule has 0 radical (unpaired) electrons. The van der Waals surface area contributed by atoms with E-state index in [4.69, 9.17) is 24.6 Å². The molecule has 27 nitrogen and oxygen atoms in total. The Morgan fingerprint density at radius 3 is 2.15 bits per heavy atom. The Morgan fingerprint density at radius 2 is 1.50 bits per heavy atom. The predicted octanol–water partition coefficient (Wildman–Crippen LogP) is 2.18. The quantitative estimate of drug-likeness (QED) is 0.0353. The Labute approximate surface area is 396 Å². The lowest BCUT2D eigenvalue weighted by atomic mass is 9.87. The molecule has 0 spiro atoms. The van der Waals surface area contributed by atoms with Gasteiger partial charge in [-0.3, -0.25) is 37.3 Å². The highest BCUT2D eigenvalue weighted by Crippen LogP contribution is 2.61.